The van der Waals surface area contributed by atoms with Crippen molar-refractivity contribution in [2.45, 2.75) is 6.54 Å². The average molecular weight is 330 g/mol. The summed E-state index contributed by atoms with van der Waals surface area (Å²) < 4.78 is 17.2. The van der Waals surface area contributed by atoms with Crippen LogP contribution in [0.4, 0.5) is 11.8 Å². The first-order valence-corrected chi connectivity index (χ1v) is 7.76. The zero-order chi connectivity index (χ0) is 16.3. The smallest absolute Gasteiger partial charge is 0.350 e. The molecule has 8 N–H and O–H groups in total. The number of imidazole rings is 1. The SMILES string of the molecule is NC(N)=Nc1nc(N)nc2ncn(CCOCP(=O)(O)O)c12. The van der Waals surface area contributed by atoms with E-state index in [-0.39, 0.29) is 30.9 Å². The molecule has 0 aromatic carbocycles. The van der Waals surface area contributed by atoms with Crippen molar-refractivity contribution in [1.29, 1.82) is 0 Å². The maximum Gasteiger partial charge on any atom is 0.350 e. The molecular weight excluding hydrogens is 315 g/mol. The highest BCUT2D eigenvalue weighted by molar-refractivity contribution is 7.51. The van der Waals surface area contributed by atoms with Crippen LogP contribution in [-0.2, 0) is 15.8 Å². The van der Waals surface area contributed by atoms with Crippen LogP contribution in [0.25, 0.3) is 11.2 Å². The molecule has 120 valence electrons. The van der Waals surface area contributed by atoms with E-state index in [4.69, 9.17) is 31.7 Å². The molecule has 0 radical (unpaired) electrons. The number of rotatable bonds is 6. The number of nitrogen functional groups attached to an aromatic ring is 1. The Bertz CT molecular complexity index is 749. The van der Waals surface area contributed by atoms with Gasteiger partial charge < -0.3 is 36.3 Å². The molecule has 0 aliphatic heterocycles. The van der Waals surface area contributed by atoms with Crippen LogP contribution in [0, 0.1) is 0 Å². The molecule has 0 aliphatic carbocycles. The van der Waals surface area contributed by atoms with Crippen LogP contribution in [0.2, 0.25) is 0 Å². The molecule has 0 bridgehead atoms. The van der Waals surface area contributed by atoms with Gasteiger partial charge in [0.15, 0.2) is 17.4 Å². The second-order valence-electron chi connectivity index (χ2n) is 4.25. The van der Waals surface area contributed by atoms with E-state index in [1.807, 2.05) is 0 Å². The number of nitrogens with zero attached hydrogens (tertiary/aromatic N) is 5. The average Bonchev–Trinajstić information content (AvgIpc) is 2.75. The van der Waals surface area contributed by atoms with E-state index in [9.17, 15) is 4.57 Å². The van der Waals surface area contributed by atoms with E-state index in [0.717, 1.165) is 0 Å². The number of fused-ring (bicyclic) bond motifs is 1. The van der Waals surface area contributed by atoms with Gasteiger partial charge in [0, 0.05) is 6.54 Å². The molecule has 0 fully saturated rings. The molecule has 0 unspecified atom stereocenters. The third-order valence-corrected chi connectivity index (χ3v) is 2.96. The summed E-state index contributed by atoms with van der Waals surface area (Å²) in [6.07, 6.45) is 0.787. The molecule has 22 heavy (non-hydrogen) atoms. The quantitative estimate of drug-likeness (QED) is 0.179. The van der Waals surface area contributed by atoms with Gasteiger partial charge in [0.2, 0.25) is 5.95 Å². The first kappa shape index (κ1) is 16.1. The van der Waals surface area contributed by atoms with E-state index in [0.29, 0.717) is 11.2 Å². The lowest BCUT2D eigenvalue weighted by atomic mass is 10.4. The molecule has 0 aliphatic rings. The van der Waals surface area contributed by atoms with E-state index in [1.165, 1.54) is 6.33 Å². The standard InChI is InChI=1S/C9H15N8O4P/c10-8(11)14-7-5-6(15-9(12)16-7)13-3-17(5)1-2-21-4-22(18,19)20/h3H,1-2,4H2,(H2,18,19,20)(H6,10,11,12,14,15,16). The van der Waals surface area contributed by atoms with Crippen molar-refractivity contribution in [2.24, 2.45) is 16.5 Å². The predicted molar refractivity (Wildman–Crippen MR) is 78.1 cm³/mol. The zero-order valence-electron chi connectivity index (χ0n) is 11.3. The molecule has 0 saturated carbocycles. The van der Waals surface area contributed by atoms with Crippen LogP contribution < -0.4 is 17.2 Å². The van der Waals surface area contributed by atoms with Crippen molar-refractivity contribution in [3.05, 3.63) is 6.33 Å². The Labute approximate surface area is 124 Å². The Morgan fingerprint density at radius 2 is 2.14 bits per heavy atom. The topological polar surface area (TPSA) is 201 Å². The van der Waals surface area contributed by atoms with Crippen molar-refractivity contribution < 1.29 is 19.1 Å². The van der Waals surface area contributed by atoms with Gasteiger partial charge in [0.1, 0.15) is 11.9 Å². The maximum absolute atomic E-state index is 10.7. The fourth-order valence-corrected chi connectivity index (χ4v) is 2.06. The molecule has 2 heterocycles. The van der Waals surface area contributed by atoms with E-state index in [2.05, 4.69) is 19.9 Å². The molecule has 0 spiro atoms. The maximum atomic E-state index is 10.7. The Balaban J connectivity index is 2.24. The normalized spacial score (nSPS) is 11.7. The van der Waals surface area contributed by atoms with Gasteiger partial charge >= 0.3 is 7.60 Å². The van der Waals surface area contributed by atoms with Gasteiger partial charge in [-0.05, 0) is 0 Å². The van der Waals surface area contributed by atoms with Gasteiger partial charge in [-0.15, -0.1) is 0 Å². The summed E-state index contributed by atoms with van der Waals surface area (Å²) in [7, 11) is -4.20. The van der Waals surface area contributed by atoms with Crippen LogP contribution in [0.1, 0.15) is 0 Å². The van der Waals surface area contributed by atoms with Gasteiger partial charge in [-0.1, -0.05) is 0 Å². The highest BCUT2D eigenvalue weighted by atomic mass is 31.2. The molecule has 2 rings (SSSR count). The molecule has 0 amide bonds. The summed E-state index contributed by atoms with van der Waals surface area (Å²) >= 11 is 0. The van der Waals surface area contributed by atoms with Crippen LogP contribution in [-0.4, -0.2) is 48.2 Å². The van der Waals surface area contributed by atoms with E-state index >= 15 is 0 Å². The molecule has 2 aromatic heterocycles. The Hall–Kier alpha value is -2.27. The van der Waals surface area contributed by atoms with Crippen LogP contribution in [0.3, 0.4) is 0 Å². The third kappa shape index (κ3) is 4.11. The number of guanidine groups is 1. The van der Waals surface area contributed by atoms with Crippen molar-refractivity contribution in [3.63, 3.8) is 0 Å². The second-order valence-corrected chi connectivity index (χ2v) is 5.84. The Morgan fingerprint density at radius 1 is 1.41 bits per heavy atom. The first-order chi connectivity index (χ1) is 10.3. The van der Waals surface area contributed by atoms with E-state index in [1.54, 1.807) is 4.57 Å². The molecule has 13 heteroatoms. The lowest BCUT2D eigenvalue weighted by Crippen LogP contribution is -2.22. The summed E-state index contributed by atoms with van der Waals surface area (Å²) in [5.74, 6) is -0.0876. The number of ether oxygens (including phenoxy) is 1. The Kier molecular flexibility index (Phi) is 4.56. The minimum absolute atomic E-state index is 0.0319. The molecule has 12 nitrogen and oxygen atoms in total. The third-order valence-electron chi connectivity index (χ3n) is 2.44. The summed E-state index contributed by atoms with van der Waals surface area (Å²) in [4.78, 5) is 33.2. The minimum atomic E-state index is -4.20. The second kappa shape index (κ2) is 6.23. The summed E-state index contributed by atoms with van der Waals surface area (Å²) in [5.41, 5.74) is 17.0. The van der Waals surface area contributed by atoms with Crippen LogP contribution >= 0.6 is 7.60 Å². The largest absolute Gasteiger partial charge is 0.370 e. The van der Waals surface area contributed by atoms with Gasteiger partial charge in [-0.2, -0.15) is 15.0 Å². The predicted octanol–water partition coefficient (Wildman–Crippen LogP) is -1.53. The summed E-state index contributed by atoms with van der Waals surface area (Å²) in [5, 5.41) is 0. The number of aliphatic imine (C=N–C) groups is 1. The molecule has 0 atom stereocenters. The number of hydrogen-bond acceptors (Lipinski definition) is 7. The summed E-state index contributed by atoms with van der Waals surface area (Å²) in [6, 6.07) is 0. The lowest BCUT2D eigenvalue weighted by Gasteiger charge is -2.08. The number of nitrogens with two attached hydrogens (primary N) is 3. The van der Waals surface area contributed by atoms with Crippen LogP contribution in [0.15, 0.2) is 11.3 Å². The molecular formula is C9H15N8O4P. The highest BCUT2D eigenvalue weighted by Crippen LogP contribution is 2.33. The number of hydrogen-bond donors (Lipinski definition) is 5. The molecule has 2 aromatic rings. The fraction of sp³-hybridized carbons (Fsp3) is 0.333. The summed E-state index contributed by atoms with van der Waals surface area (Å²) in [6.45, 7) is 0.291. The van der Waals surface area contributed by atoms with Crippen molar-refractivity contribution >= 4 is 36.5 Å². The van der Waals surface area contributed by atoms with Gasteiger partial charge in [0.05, 0.1) is 12.9 Å². The minimum Gasteiger partial charge on any atom is -0.370 e. The number of anilines is 1. The zero-order valence-corrected chi connectivity index (χ0v) is 12.2. The van der Waals surface area contributed by atoms with Crippen molar-refractivity contribution in [1.82, 2.24) is 19.5 Å². The molecule has 0 saturated heterocycles. The van der Waals surface area contributed by atoms with Crippen molar-refractivity contribution in [2.75, 3.05) is 18.7 Å². The lowest BCUT2D eigenvalue weighted by molar-refractivity contribution is 0.149. The fourth-order valence-electron chi connectivity index (χ4n) is 1.69. The van der Waals surface area contributed by atoms with Gasteiger partial charge in [0.25, 0.3) is 0 Å². The van der Waals surface area contributed by atoms with Gasteiger partial charge in [-0.25, -0.2) is 4.98 Å². The first-order valence-electron chi connectivity index (χ1n) is 5.96. The van der Waals surface area contributed by atoms with E-state index < -0.39 is 13.9 Å². The monoisotopic (exact) mass is 330 g/mol. The van der Waals surface area contributed by atoms with Gasteiger partial charge in [-0.3, -0.25) is 4.57 Å². The van der Waals surface area contributed by atoms with Crippen molar-refractivity contribution in [3.8, 4) is 0 Å². The van der Waals surface area contributed by atoms with Crippen LogP contribution in [0.5, 0.6) is 0 Å². The Morgan fingerprint density at radius 3 is 2.77 bits per heavy atom. The highest BCUT2D eigenvalue weighted by Gasteiger charge is 2.14. The number of aromatic nitrogens is 4.